The van der Waals surface area contributed by atoms with Gasteiger partial charge in [0, 0.05) is 6.54 Å². The average molecular weight is 199 g/mol. The fourth-order valence-corrected chi connectivity index (χ4v) is 2.35. The van der Waals surface area contributed by atoms with Crippen LogP contribution in [0.4, 0.5) is 0 Å². The Morgan fingerprint density at radius 3 is 2.50 bits per heavy atom. The van der Waals surface area contributed by atoms with Crippen LogP contribution in [-0.4, -0.2) is 19.6 Å². The zero-order valence-corrected chi connectivity index (χ0v) is 9.21. The average Bonchev–Trinajstić information content (AvgIpc) is 2.68. The minimum Gasteiger partial charge on any atom is -0.469 e. The van der Waals surface area contributed by atoms with Gasteiger partial charge in [-0.2, -0.15) is 0 Å². The van der Waals surface area contributed by atoms with E-state index in [-0.39, 0.29) is 5.97 Å². The van der Waals surface area contributed by atoms with Crippen molar-refractivity contribution in [1.29, 1.82) is 0 Å². The van der Waals surface area contributed by atoms with Crippen molar-refractivity contribution in [2.45, 2.75) is 39.0 Å². The molecule has 0 radical (unpaired) electrons. The lowest BCUT2D eigenvalue weighted by atomic mass is 9.80. The number of carbonyl (C=O) groups excluding carboxylic acids is 1. The van der Waals surface area contributed by atoms with Gasteiger partial charge in [0.1, 0.15) is 0 Å². The standard InChI is InChI=1S/C11H21NO2/c1-11(8-12,10(13)14-2)7-9-5-3-4-6-9/h9H,3-8,12H2,1-2H3. The predicted octanol–water partition coefficient (Wildman–Crippen LogP) is 1.70. The number of rotatable bonds is 4. The molecule has 1 unspecified atom stereocenters. The van der Waals surface area contributed by atoms with Crippen molar-refractivity contribution in [2.24, 2.45) is 17.1 Å². The summed E-state index contributed by atoms with van der Waals surface area (Å²) in [7, 11) is 1.44. The highest BCUT2D eigenvalue weighted by molar-refractivity contribution is 5.76. The molecule has 1 atom stereocenters. The molecule has 0 spiro atoms. The number of methoxy groups -OCH3 is 1. The van der Waals surface area contributed by atoms with Gasteiger partial charge in [0.15, 0.2) is 0 Å². The van der Waals surface area contributed by atoms with Crippen molar-refractivity contribution in [3.8, 4) is 0 Å². The monoisotopic (exact) mass is 199 g/mol. The summed E-state index contributed by atoms with van der Waals surface area (Å²) in [5.41, 5.74) is 5.19. The molecule has 2 N–H and O–H groups in total. The van der Waals surface area contributed by atoms with Crippen molar-refractivity contribution < 1.29 is 9.53 Å². The van der Waals surface area contributed by atoms with Crippen molar-refractivity contribution in [1.82, 2.24) is 0 Å². The number of hydrogen-bond acceptors (Lipinski definition) is 3. The van der Waals surface area contributed by atoms with Crippen LogP contribution in [-0.2, 0) is 9.53 Å². The highest BCUT2D eigenvalue weighted by Gasteiger charge is 2.36. The topological polar surface area (TPSA) is 52.3 Å². The van der Waals surface area contributed by atoms with Gasteiger partial charge in [-0.05, 0) is 19.3 Å². The van der Waals surface area contributed by atoms with E-state index in [1.54, 1.807) is 0 Å². The Balaban J connectivity index is 2.55. The van der Waals surface area contributed by atoms with Gasteiger partial charge in [0.05, 0.1) is 12.5 Å². The van der Waals surface area contributed by atoms with Gasteiger partial charge >= 0.3 is 5.97 Å². The highest BCUT2D eigenvalue weighted by atomic mass is 16.5. The molecule has 0 bridgehead atoms. The maximum atomic E-state index is 11.6. The number of carbonyl (C=O) groups is 1. The molecule has 3 nitrogen and oxygen atoms in total. The fraction of sp³-hybridized carbons (Fsp3) is 0.909. The van der Waals surface area contributed by atoms with E-state index in [1.165, 1.54) is 32.8 Å². The smallest absolute Gasteiger partial charge is 0.312 e. The minimum atomic E-state index is -0.468. The fourth-order valence-electron chi connectivity index (χ4n) is 2.35. The van der Waals surface area contributed by atoms with Gasteiger partial charge in [0.2, 0.25) is 0 Å². The molecule has 3 heteroatoms. The summed E-state index contributed by atoms with van der Waals surface area (Å²) in [6.45, 7) is 2.30. The van der Waals surface area contributed by atoms with Gasteiger partial charge < -0.3 is 10.5 Å². The molecule has 0 heterocycles. The first-order valence-corrected chi connectivity index (χ1v) is 5.41. The third-order valence-electron chi connectivity index (χ3n) is 3.34. The molecule has 14 heavy (non-hydrogen) atoms. The third kappa shape index (κ3) is 2.47. The summed E-state index contributed by atoms with van der Waals surface area (Å²) < 4.78 is 4.80. The molecule has 1 saturated carbocycles. The van der Waals surface area contributed by atoms with E-state index in [0.29, 0.717) is 12.5 Å². The second-order valence-electron chi connectivity index (χ2n) is 4.61. The Kier molecular flexibility index (Phi) is 3.93. The summed E-state index contributed by atoms with van der Waals surface area (Å²) in [5, 5.41) is 0. The molecule has 1 rings (SSSR count). The molecular weight excluding hydrogens is 178 g/mol. The molecule has 1 aliphatic rings. The second-order valence-corrected chi connectivity index (χ2v) is 4.61. The van der Waals surface area contributed by atoms with Crippen LogP contribution in [0.1, 0.15) is 39.0 Å². The van der Waals surface area contributed by atoms with Crippen LogP contribution >= 0.6 is 0 Å². The van der Waals surface area contributed by atoms with E-state index in [9.17, 15) is 4.79 Å². The van der Waals surface area contributed by atoms with Crippen LogP contribution in [0.3, 0.4) is 0 Å². The number of hydrogen-bond donors (Lipinski definition) is 1. The molecule has 1 aliphatic carbocycles. The van der Waals surface area contributed by atoms with Gasteiger partial charge in [-0.3, -0.25) is 4.79 Å². The van der Waals surface area contributed by atoms with Crippen molar-refractivity contribution >= 4 is 5.97 Å². The Labute approximate surface area is 86.0 Å². The van der Waals surface area contributed by atoms with Crippen LogP contribution in [0.25, 0.3) is 0 Å². The molecule has 1 fully saturated rings. The normalized spacial score (nSPS) is 21.9. The molecule has 0 aromatic rings. The van der Waals surface area contributed by atoms with Gasteiger partial charge in [-0.25, -0.2) is 0 Å². The Bertz CT molecular complexity index is 199. The van der Waals surface area contributed by atoms with Crippen LogP contribution in [0.15, 0.2) is 0 Å². The van der Waals surface area contributed by atoms with Crippen LogP contribution in [0, 0.1) is 11.3 Å². The lowest BCUT2D eigenvalue weighted by molar-refractivity contribution is -0.152. The molecule has 0 saturated heterocycles. The first-order chi connectivity index (χ1) is 6.62. The number of nitrogens with two attached hydrogens (primary N) is 1. The SMILES string of the molecule is COC(=O)C(C)(CN)CC1CCCC1. The summed E-state index contributed by atoms with van der Waals surface area (Å²) in [4.78, 5) is 11.6. The van der Waals surface area contributed by atoms with Crippen molar-refractivity contribution in [2.75, 3.05) is 13.7 Å². The van der Waals surface area contributed by atoms with Crippen LogP contribution in [0.2, 0.25) is 0 Å². The summed E-state index contributed by atoms with van der Waals surface area (Å²) >= 11 is 0. The first-order valence-electron chi connectivity index (χ1n) is 5.41. The maximum absolute atomic E-state index is 11.6. The van der Waals surface area contributed by atoms with E-state index in [0.717, 1.165) is 6.42 Å². The van der Waals surface area contributed by atoms with Crippen molar-refractivity contribution in [3.05, 3.63) is 0 Å². The predicted molar refractivity (Wildman–Crippen MR) is 55.8 cm³/mol. The van der Waals surface area contributed by atoms with E-state index >= 15 is 0 Å². The molecular formula is C11H21NO2. The Morgan fingerprint density at radius 1 is 1.50 bits per heavy atom. The second kappa shape index (κ2) is 4.78. The highest BCUT2D eigenvalue weighted by Crippen LogP contribution is 2.35. The zero-order valence-electron chi connectivity index (χ0n) is 9.21. The summed E-state index contributed by atoms with van der Waals surface area (Å²) in [5.74, 6) is 0.509. The molecule has 0 aromatic carbocycles. The van der Waals surface area contributed by atoms with Gasteiger partial charge in [-0.15, -0.1) is 0 Å². The first kappa shape index (κ1) is 11.5. The number of esters is 1. The molecule has 0 amide bonds. The van der Waals surface area contributed by atoms with Gasteiger partial charge in [0.25, 0.3) is 0 Å². The largest absolute Gasteiger partial charge is 0.469 e. The van der Waals surface area contributed by atoms with E-state index < -0.39 is 5.41 Å². The van der Waals surface area contributed by atoms with Crippen molar-refractivity contribution in [3.63, 3.8) is 0 Å². The number of ether oxygens (including phenoxy) is 1. The summed E-state index contributed by atoms with van der Waals surface area (Å²) in [6, 6.07) is 0. The molecule has 0 aromatic heterocycles. The Hall–Kier alpha value is -0.570. The lowest BCUT2D eigenvalue weighted by Gasteiger charge is -2.27. The van der Waals surface area contributed by atoms with E-state index in [1.807, 2.05) is 6.92 Å². The minimum absolute atomic E-state index is 0.160. The molecule has 82 valence electrons. The van der Waals surface area contributed by atoms with E-state index in [4.69, 9.17) is 10.5 Å². The van der Waals surface area contributed by atoms with Crippen LogP contribution in [0.5, 0.6) is 0 Å². The molecule has 0 aliphatic heterocycles. The Morgan fingerprint density at radius 2 is 2.07 bits per heavy atom. The van der Waals surface area contributed by atoms with Crippen LogP contribution < -0.4 is 5.73 Å². The van der Waals surface area contributed by atoms with Gasteiger partial charge in [-0.1, -0.05) is 25.7 Å². The summed E-state index contributed by atoms with van der Waals surface area (Å²) in [6.07, 6.45) is 5.97. The third-order valence-corrected chi connectivity index (χ3v) is 3.34. The quantitative estimate of drug-likeness (QED) is 0.701. The maximum Gasteiger partial charge on any atom is 0.312 e. The van der Waals surface area contributed by atoms with E-state index in [2.05, 4.69) is 0 Å². The zero-order chi connectivity index (χ0) is 10.6. The lowest BCUT2D eigenvalue weighted by Crippen LogP contribution is -2.38.